The SMILES string of the molecule is CCCCc1ccc(C2=NC(=Cc3cccc(OC(C)=O)c3)C(=O)O2)cc1. The van der Waals surface area contributed by atoms with Crippen LogP contribution in [-0.2, 0) is 20.7 Å². The molecular formula is C22H21NO4. The molecule has 2 aromatic carbocycles. The summed E-state index contributed by atoms with van der Waals surface area (Å²) in [6.45, 7) is 3.50. The van der Waals surface area contributed by atoms with Crippen molar-refractivity contribution in [1.29, 1.82) is 0 Å². The zero-order chi connectivity index (χ0) is 19.2. The Morgan fingerprint density at radius 2 is 1.96 bits per heavy atom. The van der Waals surface area contributed by atoms with Crippen LogP contribution in [0.2, 0.25) is 0 Å². The summed E-state index contributed by atoms with van der Waals surface area (Å²) in [4.78, 5) is 27.5. The van der Waals surface area contributed by atoms with Gasteiger partial charge in [-0.05, 0) is 54.3 Å². The molecule has 138 valence electrons. The van der Waals surface area contributed by atoms with Gasteiger partial charge in [0, 0.05) is 12.5 Å². The zero-order valence-corrected chi connectivity index (χ0v) is 15.4. The van der Waals surface area contributed by atoms with E-state index in [-0.39, 0.29) is 5.70 Å². The van der Waals surface area contributed by atoms with Gasteiger partial charge in [0.05, 0.1) is 0 Å². The van der Waals surface area contributed by atoms with E-state index >= 15 is 0 Å². The number of aryl methyl sites for hydroxylation is 1. The molecule has 0 N–H and O–H groups in total. The zero-order valence-electron chi connectivity index (χ0n) is 15.4. The Balaban J connectivity index is 1.79. The quantitative estimate of drug-likeness (QED) is 0.436. The molecule has 0 saturated carbocycles. The van der Waals surface area contributed by atoms with Crippen LogP contribution in [-0.4, -0.2) is 17.8 Å². The fraction of sp³-hybridized carbons (Fsp3) is 0.227. The van der Waals surface area contributed by atoms with Gasteiger partial charge >= 0.3 is 11.9 Å². The summed E-state index contributed by atoms with van der Waals surface area (Å²) in [5, 5.41) is 0. The molecule has 0 fully saturated rings. The summed E-state index contributed by atoms with van der Waals surface area (Å²) in [6.07, 6.45) is 4.94. The number of hydrogen-bond donors (Lipinski definition) is 0. The first kappa shape index (κ1) is 18.6. The van der Waals surface area contributed by atoms with Crippen molar-refractivity contribution in [2.75, 3.05) is 0 Å². The molecule has 0 bridgehead atoms. The normalized spacial score (nSPS) is 14.8. The molecule has 1 aliphatic heterocycles. The van der Waals surface area contributed by atoms with E-state index in [1.54, 1.807) is 30.3 Å². The smallest absolute Gasteiger partial charge is 0.363 e. The Morgan fingerprint density at radius 1 is 1.19 bits per heavy atom. The average molecular weight is 363 g/mol. The van der Waals surface area contributed by atoms with E-state index in [4.69, 9.17) is 9.47 Å². The van der Waals surface area contributed by atoms with Gasteiger partial charge in [-0.15, -0.1) is 0 Å². The van der Waals surface area contributed by atoms with Crippen LogP contribution in [0.15, 0.2) is 59.2 Å². The van der Waals surface area contributed by atoms with Crippen molar-refractivity contribution in [3.05, 3.63) is 70.9 Å². The van der Waals surface area contributed by atoms with Crippen LogP contribution in [0.1, 0.15) is 43.4 Å². The maximum Gasteiger partial charge on any atom is 0.363 e. The number of aliphatic imine (C=N–C) groups is 1. The van der Waals surface area contributed by atoms with Crippen molar-refractivity contribution in [2.45, 2.75) is 33.1 Å². The molecule has 5 nitrogen and oxygen atoms in total. The first-order valence-electron chi connectivity index (χ1n) is 8.95. The van der Waals surface area contributed by atoms with Crippen LogP contribution >= 0.6 is 0 Å². The second-order valence-corrected chi connectivity index (χ2v) is 6.30. The minimum Gasteiger partial charge on any atom is -0.427 e. The third-order valence-electron chi connectivity index (χ3n) is 4.06. The fourth-order valence-corrected chi connectivity index (χ4v) is 2.72. The minimum atomic E-state index is -0.502. The molecule has 0 amide bonds. The van der Waals surface area contributed by atoms with Crippen LogP contribution in [0.5, 0.6) is 5.75 Å². The number of carbonyl (C=O) groups excluding carboxylic acids is 2. The van der Waals surface area contributed by atoms with Crippen LogP contribution in [0, 0.1) is 0 Å². The summed E-state index contributed by atoms with van der Waals surface area (Å²) in [5.74, 6) is -0.194. The summed E-state index contributed by atoms with van der Waals surface area (Å²) in [7, 11) is 0. The summed E-state index contributed by atoms with van der Waals surface area (Å²) in [5.41, 5.74) is 2.92. The molecule has 27 heavy (non-hydrogen) atoms. The van der Waals surface area contributed by atoms with E-state index in [1.807, 2.05) is 24.3 Å². The van der Waals surface area contributed by atoms with Gasteiger partial charge in [0.25, 0.3) is 0 Å². The predicted molar refractivity (Wildman–Crippen MR) is 103 cm³/mol. The van der Waals surface area contributed by atoms with Crippen molar-refractivity contribution in [3.8, 4) is 5.75 Å². The second-order valence-electron chi connectivity index (χ2n) is 6.30. The number of esters is 2. The molecule has 0 aliphatic carbocycles. The van der Waals surface area contributed by atoms with Crippen LogP contribution in [0.25, 0.3) is 6.08 Å². The fourth-order valence-electron chi connectivity index (χ4n) is 2.72. The number of hydrogen-bond acceptors (Lipinski definition) is 5. The lowest BCUT2D eigenvalue weighted by atomic mass is 10.1. The summed E-state index contributed by atoms with van der Waals surface area (Å²) >= 11 is 0. The molecule has 5 heteroatoms. The van der Waals surface area contributed by atoms with Gasteiger partial charge < -0.3 is 9.47 Å². The van der Waals surface area contributed by atoms with Gasteiger partial charge in [-0.1, -0.05) is 37.6 Å². The second kappa shape index (κ2) is 8.45. The Morgan fingerprint density at radius 3 is 2.67 bits per heavy atom. The highest BCUT2D eigenvalue weighted by molar-refractivity contribution is 6.12. The molecule has 0 unspecified atom stereocenters. The van der Waals surface area contributed by atoms with Crippen molar-refractivity contribution in [1.82, 2.24) is 0 Å². The first-order valence-corrected chi connectivity index (χ1v) is 8.95. The number of ether oxygens (including phenoxy) is 2. The monoisotopic (exact) mass is 363 g/mol. The highest BCUT2D eigenvalue weighted by Gasteiger charge is 2.24. The van der Waals surface area contributed by atoms with Crippen LogP contribution in [0.4, 0.5) is 0 Å². The maximum absolute atomic E-state index is 12.1. The largest absolute Gasteiger partial charge is 0.427 e. The van der Waals surface area contributed by atoms with Crippen molar-refractivity contribution < 1.29 is 19.1 Å². The first-order chi connectivity index (χ1) is 13.0. The Hall–Kier alpha value is -3.21. The van der Waals surface area contributed by atoms with Gasteiger partial charge in [-0.25, -0.2) is 9.79 Å². The third kappa shape index (κ3) is 4.91. The molecule has 1 heterocycles. The van der Waals surface area contributed by atoms with Gasteiger partial charge in [-0.3, -0.25) is 4.79 Å². The summed E-state index contributed by atoms with van der Waals surface area (Å²) in [6, 6.07) is 14.8. The molecule has 2 aromatic rings. The lowest BCUT2D eigenvalue weighted by molar-refractivity contribution is -0.132. The van der Waals surface area contributed by atoms with E-state index < -0.39 is 11.9 Å². The van der Waals surface area contributed by atoms with Gasteiger partial charge in [0.15, 0.2) is 5.70 Å². The van der Waals surface area contributed by atoms with Crippen molar-refractivity contribution in [2.24, 2.45) is 4.99 Å². The molecule has 3 rings (SSSR count). The lowest BCUT2D eigenvalue weighted by Gasteiger charge is -2.02. The number of nitrogens with zero attached hydrogens (tertiary/aromatic N) is 1. The standard InChI is InChI=1S/C22H21NO4/c1-3-4-6-16-9-11-18(12-10-16)21-23-20(22(25)27-21)14-17-7-5-8-19(13-17)26-15(2)24/h5,7-14H,3-4,6H2,1-2H3. The van der Waals surface area contributed by atoms with Crippen LogP contribution < -0.4 is 4.74 Å². The van der Waals surface area contributed by atoms with E-state index in [9.17, 15) is 9.59 Å². The third-order valence-corrected chi connectivity index (χ3v) is 4.06. The van der Waals surface area contributed by atoms with E-state index in [1.165, 1.54) is 12.5 Å². The van der Waals surface area contributed by atoms with Crippen molar-refractivity contribution >= 4 is 23.9 Å². The van der Waals surface area contributed by atoms with Crippen LogP contribution in [0.3, 0.4) is 0 Å². The van der Waals surface area contributed by atoms with E-state index in [0.717, 1.165) is 24.8 Å². The van der Waals surface area contributed by atoms with E-state index in [2.05, 4.69) is 11.9 Å². The lowest BCUT2D eigenvalue weighted by Crippen LogP contribution is -2.05. The van der Waals surface area contributed by atoms with Gasteiger partial charge in [0.1, 0.15) is 5.75 Å². The van der Waals surface area contributed by atoms with Crippen molar-refractivity contribution in [3.63, 3.8) is 0 Å². The Kier molecular flexibility index (Phi) is 5.81. The molecule has 0 atom stereocenters. The molecule has 1 aliphatic rings. The number of unbranched alkanes of at least 4 members (excludes halogenated alkanes) is 1. The Labute approximate surface area is 158 Å². The molecule has 0 spiro atoms. The number of cyclic esters (lactones) is 1. The number of rotatable bonds is 6. The molecule has 0 aromatic heterocycles. The Bertz CT molecular complexity index is 910. The maximum atomic E-state index is 12.1. The van der Waals surface area contributed by atoms with Gasteiger partial charge in [-0.2, -0.15) is 0 Å². The highest BCUT2D eigenvalue weighted by Crippen LogP contribution is 2.22. The highest BCUT2D eigenvalue weighted by atomic mass is 16.6. The number of benzene rings is 2. The topological polar surface area (TPSA) is 65.0 Å². The van der Waals surface area contributed by atoms with E-state index in [0.29, 0.717) is 17.2 Å². The van der Waals surface area contributed by atoms with Gasteiger partial charge in [0.2, 0.25) is 5.90 Å². The predicted octanol–water partition coefficient (Wildman–Crippen LogP) is 4.30. The average Bonchev–Trinajstić information content (AvgIpc) is 3.01. The summed E-state index contributed by atoms with van der Waals surface area (Å²) < 4.78 is 10.4. The number of carbonyl (C=O) groups is 2. The molecule has 0 saturated heterocycles. The molecule has 0 radical (unpaired) electrons. The molecular weight excluding hydrogens is 342 g/mol. The minimum absolute atomic E-state index is 0.208.